The zero-order valence-electron chi connectivity index (χ0n) is 10.9. The Labute approximate surface area is 110 Å². The van der Waals surface area contributed by atoms with Crippen LogP contribution in [0.4, 0.5) is 5.69 Å². The van der Waals surface area contributed by atoms with E-state index in [0.717, 1.165) is 0 Å². The van der Waals surface area contributed by atoms with Gasteiger partial charge in [-0.05, 0) is 6.92 Å². The molecule has 1 N–H and O–H groups in total. The molecule has 0 unspecified atom stereocenters. The number of anilines is 1. The smallest absolute Gasteiger partial charge is 0.231 e. The molecule has 0 saturated carbocycles. The van der Waals surface area contributed by atoms with Gasteiger partial charge in [0.25, 0.3) is 0 Å². The summed E-state index contributed by atoms with van der Waals surface area (Å²) in [5.74, 6) is -0.0367. The van der Waals surface area contributed by atoms with Gasteiger partial charge in [-0.2, -0.15) is 5.26 Å². The van der Waals surface area contributed by atoms with Crippen LogP contribution in [0.5, 0.6) is 11.5 Å². The number of benzene rings is 1. The number of carbonyl (C=O) groups is 2. The minimum Gasteiger partial charge on any atom is -0.495 e. The molecule has 1 rings (SSSR count). The first-order valence-corrected chi connectivity index (χ1v) is 5.47. The van der Waals surface area contributed by atoms with Crippen molar-refractivity contribution in [3.05, 3.63) is 17.7 Å². The van der Waals surface area contributed by atoms with Gasteiger partial charge in [0.05, 0.1) is 31.9 Å². The predicted molar refractivity (Wildman–Crippen MR) is 68.2 cm³/mol. The van der Waals surface area contributed by atoms with Crippen LogP contribution in [-0.4, -0.2) is 25.9 Å². The average molecular weight is 262 g/mol. The minimum atomic E-state index is -0.447. The van der Waals surface area contributed by atoms with E-state index in [1.807, 2.05) is 6.07 Å². The molecule has 6 nitrogen and oxygen atoms in total. The number of nitrogens with one attached hydrogen (secondary N) is 1. The second-order valence-corrected chi connectivity index (χ2v) is 3.79. The van der Waals surface area contributed by atoms with Crippen LogP contribution < -0.4 is 14.8 Å². The number of rotatable bonds is 5. The Kier molecular flexibility index (Phi) is 4.89. The summed E-state index contributed by atoms with van der Waals surface area (Å²) in [4.78, 5) is 22.4. The fourth-order valence-electron chi connectivity index (χ4n) is 1.50. The fraction of sp³-hybridized carbons (Fsp3) is 0.308. The van der Waals surface area contributed by atoms with Gasteiger partial charge in [-0.15, -0.1) is 0 Å². The Bertz CT molecular complexity index is 546. The Hall–Kier alpha value is -2.55. The zero-order chi connectivity index (χ0) is 14.4. The Morgan fingerprint density at radius 3 is 2.37 bits per heavy atom. The maximum absolute atomic E-state index is 11.6. The van der Waals surface area contributed by atoms with E-state index in [9.17, 15) is 9.59 Å². The summed E-state index contributed by atoms with van der Waals surface area (Å²) >= 11 is 0. The van der Waals surface area contributed by atoms with Crippen LogP contribution in [0.15, 0.2) is 12.1 Å². The number of nitriles is 1. The highest BCUT2D eigenvalue weighted by atomic mass is 16.5. The number of ether oxygens (including phenoxy) is 2. The molecule has 0 atom stereocenters. The number of methoxy groups -OCH3 is 2. The molecule has 19 heavy (non-hydrogen) atoms. The van der Waals surface area contributed by atoms with E-state index >= 15 is 0 Å². The number of nitrogens with zero attached hydrogens (tertiary/aromatic N) is 1. The third kappa shape index (κ3) is 3.71. The molecular formula is C13H14N2O4. The molecule has 0 saturated heterocycles. The standard InChI is InChI=1S/C13H14N2O4/c1-8(16)4-13(17)15-10-6-11(18-2)9(7-14)5-12(10)19-3/h5-6H,4H2,1-3H3,(H,15,17). The lowest BCUT2D eigenvalue weighted by Gasteiger charge is -2.12. The van der Waals surface area contributed by atoms with E-state index in [2.05, 4.69) is 5.32 Å². The van der Waals surface area contributed by atoms with E-state index in [4.69, 9.17) is 14.7 Å². The monoisotopic (exact) mass is 262 g/mol. The number of carbonyl (C=O) groups excluding carboxylic acids is 2. The lowest BCUT2D eigenvalue weighted by Crippen LogP contribution is -2.15. The molecule has 1 amide bonds. The Morgan fingerprint density at radius 2 is 1.89 bits per heavy atom. The molecule has 0 bridgehead atoms. The first-order chi connectivity index (χ1) is 9.01. The molecule has 0 radical (unpaired) electrons. The maximum atomic E-state index is 11.6. The summed E-state index contributed by atoms with van der Waals surface area (Å²) in [6.07, 6.45) is -0.217. The number of ketones is 1. The third-order valence-corrected chi connectivity index (χ3v) is 2.33. The average Bonchev–Trinajstić information content (AvgIpc) is 2.37. The summed E-state index contributed by atoms with van der Waals surface area (Å²) in [5, 5.41) is 11.5. The summed E-state index contributed by atoms with van der Waals surface area (Å²) in [7, 11) is 2.84. The molecule has 0 aliphatic heterocycles. The number of Topliss-reactive ketones (excluding diaryl/α,β-unsaturated/α-hetero) is 1. The molecule has 6 heteroatoms. The van der Waals surface area contributed by atoms with E-state index in [1.54, 1.807) is 0 Å². The molecule has 1 aromatic carbocycles. The van der Waals surface area contributed by atoms with Gasteiger partial charge in [-0.25, -0.2) is 0 Å². The summed E-state index contributed by atoms with van der Waals surface area (Å²) in [5.41, 5.74) is 0.647. The van der Waals surface area contributed by atoms with Crippen LogP contribution >= 0.6 is 0 Å². The normalized spacial score (nSPS) is 9.37. The van der Waals surface area contributed by atoms with Crippen molar-refractivity contribution >= 4 is 17.4 Å². The van der Waals surface area contributed by atoms with E-state index in [-0.39, 0.29) is 12.2 Å². The Morgan fingerprint density at radius 1 is 1.26 bits per heavy atom. The summed E-state index contributed by atoms with van der Waals surface area (Å²) in [6.45, 7) is 1.33. The van der Waals surface area contributed by atoms with E-state index < -0.39 is 5.91 Å². The van der Waals surface area contributed by atoms with Gasteiger partial charge in [0.1, 0.15) is 23.4 Å². The third-order valence-electron chi connectivity index (χ3n) is 2.33. The van der Waals surface area contributed by atoms with Crippen molar-refractivity contribution in [2.75, 3.05) is 19.5 Å². The topological polar surface area (TPSA) is 88.4 Å². The predicted octanol–water partition coefficient (Wildman–Crippen LogP) is 1.49. The van der Waals surface area contributed by atoms with Crippen molar-refractivity contribution in [3.8, 4) is 17.6 Å². The first-order valence-electron chi connectivity index (χ1n) is 5.47. The first kappa shape index (κ1) is 14.5. The highest BCUT2D eigenvalue weighted by Gasteiger charge is 2.14. The van der Waals surface area contributed by atoms with Crippen molar-refractivity contribution in [2.24, 2.45) is 0 Å². The number of hydrogen-bond donors (Lipinski definition) is 1. The zero-order valence-corrected chi connectivity index (χ0v) is 10.9. The van der Waals surface area contributed by atoms with Gasteiger partial charge in [-0.3, -0.25) is 9.59 Å². The molecule has 1 aromatic rings. The van der Waals surface area contributed by atoms with Gasteiger partial charge < -0.3 is 14.8 Å². The van der Waals surface area contributed by atoms with Gasteiger partial charge in [-0.1, -0.05) is 0 Å². The van der Waals surface area contributed by atoms with Crippen LogP contribution in [0.3, 0.4) is 0 Å². The number of amides is 1. The van der Waals surface area contributed by atoms with Gasteiger partial charge in [0, 0.05) is 12.1 Å². The van der Waals surface area contributed by atoms with Crippen LogP contribution in [0.1, 0.15) is 18.9 Å². The minimum absolute atomic E-state index is 0.217. The fourth-order valence-corrected chi connectivity index (χ4v) is 1.50. The molecule has 0 heterocycles. The summed E-state index contributed by atoms with van der Waals surface area (Å²) in [6, 6.07) is 4.90. The Balaban J connectivity index is 3.09. The molecule has 0 aromatic heterocycles. The van der Waals surface area contributed by atoms with Gasteiger partial charge in [0.2, 0.25) is 5.91 Å². The van der Waals surface area contributed by atoms with Crippen LogP contribution in [-0.2, 0) is 9.59 Å². The largest absolute Gasteiger partial charge is 0.495 e. The van der Waals surface area contributed by atoms with Gasteiger partial charge in [0.15, 0.2) is 0 Å². The number of hydrogen-bond acceptors (Lipinski definition) is 5. The lowest BCUT2D eigenvalue weighted by atomic mass is 10.1. The lowest BCUT2D eigenvalue weighted by molar-refractivity contribution is -0.124. The highest BCUT2D eigenvalue weighted by Crippen LogP contribution is 2.32. The van der Waals surface area contributed by atoms with Crippen molar-refractivity contribution in [1.82, 2.24) is 0 Å². The molecule has 0 fully saturated rings. The maximum Gasteiger partial charge on any atom is 0.231 e. The highest BCUT2D eigenvalue weighted by molar-refractivity contribution is 6.04. The SMILES string of the molecule is COc1cc(NC(=O)CC(C)=O)c(OC)cc1C#N. The second kappa shape index (κ2) is 6.40. The molecular weight excluding hydrogens is 248 g/mol. The molecule has 0 aliphatic rings. The molecule has 0 aliphatic carbocycles. The van der Waals surface area contributed by atoms with E-state index in [1.165, 1.54) is 33.3 Å². The van der Waals surface area contributed by atoms with Gasteiger partial charge >= 0.3 is 0 Å². The van der Waals surface area contributed by atoms with Crippen molar-refractivity contribution in [1.29, 1.82) is 5.26 Å². The van der Waals surface area contributed by atoms with Crippen molar-refractivity contribution in [2.45, 2.75) is 13.3 Å². The summed E-state index contributed by atoms with van der Waals surface area (Å²) < 4.78 is 10.1. The van der Waals surface area contributed by atoms with Crippen molar-refractivity contribution in [3.63, 3.8) is 0 Å². The van der Waals surface area contributed by atoms with Crippen LogP contribution in [0.25, 0.3) is 0 Å². The second-order valence-electron chi connectivity index (χ2n) is 3.79. The molecule has 100 valence electrons. The van der Waals surface area contributed by atoms with E-state index in [0.29, 0.717) is 22.7 Å². The van der Waals surface area contributed by atoms with Crippen LogP contribution in [0.2, 0.25) is 0 Å². The molecule has 0 spiro atoms. The van der Waals surface area contributed by atoms with Crippen LogP contribution in [0, 0.1) is 11.3 Å². The van der Waals surface area contributed by atoms with Crippen molar-refractivity contribution < 1.29 is 19.1 Å². The quantitative estimate of drug-likeness (QED) is 0.812.